The quantitative estimate of drug-likeness (QED) is 0.894. The van der Waals surface area contributed by atoms with Crippen LogP contribution in [0.4, 0.5) is 4.39 Å². The van der Waals surface area contributed by atoms with Gasteiger partial charge in [0.1, 0.15) is 16.5 Å². The number of benzene rings is 1. The van der Waals surface area contributed by atoms with E-state index in [2.05, 4.69) is 9.71 Å². The van der Waals surface area contributed by atoms with Crippen molar-refractivity contribution in [2.75, 3.05) is 13.2 Å². The van der Waals surface area contributed by atoms with Crippen LogP contribution in [0.15, 0.2) is 41.4 Å². The van der Waals surface area contributed by atoms with Crippen LogP contribution in [0.5, 0.6) is 11.6 Å². The van der Waals surface area contributed by atoms with Crippen molar-refractivity contribution in [1.82, 2.24) is 9.71 Å². The van der Waals surface area contributed by atoms with Gasteiger partial charge in [0.15, 0.2) is 0 Å². The SMILES string of the molecule is CCOc1ccc(S(=O)(=O)N[C@@H]2CCOc3ccc(F)cc32)cn1. The summed E-state index contributed by atoms with van der Waals surface area (Å²) in [5, 5.41) is 0. The van der Waals surface area contributed by atoms with E-state index in [-0.39, 0.29) is 4.90 Å². The molecule has 1 N–H and O–H groups in total. The maximum atomic E-state index is 13.5. The van der Waals surface area contributed by atoms with E-state index in [1.165, 1.54) is 36.5 Å². The molecule has 0 spiro atoms. The summed E-state index contributed by atoms with van der Waals surface area (Å²) in [6.07, 6.45) is 1.65. The molecule has 8 heteroatoms. The summed E-state index contributed by atoms with van der Waals surface area (Å²) in [5.74, 6) is 0.404. The molecule has 1 atom stereocenters. The lowest BCUT2D eigenvalue weighted by molar-refractivity contribution is 0.262. The van der Waals surface area contributed by atoms with E-state index in [9.17, 15) is 12.8 Å². The number of nitrogens with one attached hydrogen (secondary N) is 1. The van der Waals surface area contributed by atoms with Crippen LogP contribution >= 0.6 is 0 Å². The second-order valence-corrected chi connectivity index (χ2v) is 6.97. The third-order valence-corrected chi connectivity index (χ3v) is 5.08. The van der Waals surface area contributed by atoms with Gasteiger partial charge in [0, 0.05) is 18.1 Å². The lowest BCUT2D eigenvalue weighted by Gasteiger charge is -2.26. The molecule has 0 aliphatic carbocycles. The van der Waals surface area contributed by atoms with E-state index in [0.717, 1.165) is 0 Å². The smallest absolute Gasteiger partial charge is 0.242 e. The molecule has 0 radical (unpaired) electrons. The topological polar surface area (TPSA) is 77.5 Å². The molecule has 0 bridgehead atoms. The lowest BCUT2D eigenvalue weighted by atomic mass is 10.0. The molecule has 0 saturated heterocycles. The Morgan fingerprint density at radius 1 is 1.38 bits per heavy atom. The van der Waals surface area contributed by atoms with Gasteiger partial charge in [-0.1, -0.05) is 0 Å². The van der Waals surface area contributed by atoms with Crippen LogP contribution in [-0.4, -0.2) is 26.6 Å². The number of halogens is 1. The summed E-state index contributed by atoms with van der Waals surface area (Å²) in [5.41, 5.74) is 0.490. The number of ether oxygens (including phenoxy) is 2. The van der Waals surface area contributed by atoms with Crippen LogP contribution in [-0.2, 0) is 10.0 Å². The number of nitrogens with zero attached hydrogens (tertiary/aromatic N) is 1. The number of rotatable bonds is 5. The van der Waals surface area contributed by atoms with Crippen molar-refractivity contribution < 1.29 is 22.3 Å². The number of pyridine rings is 1. The van der Waals surface area contributed by atoms with Crippen LogP contribution in [0.2, 0.25) is 0 Å². The molecule has 24 heavy (non-hydrogen) atoms. The van der Waals surface area contributed by atoms with Crippen molar-refractivity contribution in [3.63, 3.8) is 0 Å². The third kappa shape index (κ3) is 3.49. The van der Waals surface area contributed by atoms with Gasteiger partial charge in [-0.05, 0) is 31.2 Å². The summed E-state index contributed by atoms with van der Waals surface area (Å²) in [7, 11) is -3.79. The molecule has 2 heterocycles. The number of hydrogen-bond donors (Lipinski definition) is 1. The summed E-state index contributed by atoms with van der Waals surface area (Å²) >= 11 is 0. The Hall–Kier alpha value is -2.19. The Labute approximate surface area is 139 Å². The zero-order valence-corrected chi connectivity index (χ0v) is 13.8. The van der Waals surface area contributed by atoms with E-state index < -0.39 is 21.9 Å². The lowest BCUT2D eigenvalue weighted by Crippen LogP contribution is -2.32. The summed E-state index contributed by atoms with van der Waals surface area (Å²) in [4.78, 5) is 3.98. The Kier molecular flexibility index (Phi) is 4.68. The fraction of sp³-hybridized carbons (Fsp3) is 0.312. The maximum Gasteiger partial charge on any atom is 0.242 e. The molecular weight excluding hydrogens is 335 g/mol. The van der Waals surface area contributed by atoms with Crippen LogP contribution < -0.4 is 14.2 Å². The number of sulfonamides is 1. The first kappa shape index (κ1) is 16.7. The normalized spacial score (nSPS) is 17.0. The summed E-state index contributed by atoms with van der Waals surface area (Å²) in [6, 6.07) is 6.44. The Balaban J connectivity index is 1.84. The summed E-state index contributed by atoms with van der Waals surface area (Å²) in [6.45, 7) is 2.62. The first-order valence-corrected chi connectivity index (χ1v) is 9.01. The highest BCUT2D eigenvalue weighted by atomic mass is 32.2. The molecule has 1 aromatic heterocycles. The van der Waals surface area contributed by atoms with Crippen molar-refractivity contribution in [3.8, 4) is 11.6 Å². The Morgan fingerprint density at radius 3 is 2.92 bits per heavy atom. The highest BCUT2D eigenvalue weighted by Gasteiger charge is 2.27. The Bertz CT molecular complexity index is 824. The minimum atomic E-state index is -3.79. The van der Waals surface area contributed by atoms with E-state index in [1.807, 2.05) is 6.92 Å². The van der Waals surface area contributed by atoms with Gasteiger partial charge in [-0.2, -0.15) is 0 Å². The highest BCUT2D eigenvalue weighted by molar-refractivity contribution is 7.89. The second kappa shape index (κ2) is 6.74. The third-order valence-electron chi connectivity index (χ3n) is 3.62. The summed E-state index contributed by atoms with van der Waals surface area (Å²) < 4.78 is 51.8. The molecule has 1 aliphatic heterocycles. The van der Waals surface area contributed by atoms with Crippen LogP contribution in [0.1, 0.15) is 24.9 Å². The van der Waals surface area contributed by atoms with Gasteiger partial charge in [-0.15, -0.1) is 0 Å². The molecular formula is C16H17FN2O4S. The molecule has 0 amide bonds. The minimum Gasteiger partial charge on any atom is -0.493 e. The van der Waals surface area contributed by atoms with E-state index >= 15 is 0 Å². The predicted molar refractivity (Wildman–Crippen MR) is 85.0 cm³/mol. The monoisotopic (exact) mass is 352 g/mol. The average molecular weight is 352 g/mol. The van der Waals surface area contributed by atoms with Gasteiger partial charge in [0.25, 0.3) is 0 Å². The van der Waals surface area contributed by atoms with Gasteiger partial charge < -0.3 is 9.47 Å². The standard InChI is InChI=1S/C16H17FN2O4S/c1-2-22-16-6-4-12(10-18-16)24(20,21)19-14-7-8-23-15-5-3-11(17)9-13(14)15/h3-6,9-10,14,19H,2,7-8H2,1H3/t14-/m1/s1. The predicted octanol–water partition coefficient (Wildman–Crippen LogP) is 2.42. The number of fused-ring (bicyclic) bond motifs is 1. The molecule has 0 unspecified atom stereocenters. The van der Waals surface area contributed by atoms with Gasteiger partial charge in [-0.3, -0.25) is 0 Å². The fourth-order valence-corrected chi connectivity index (χ4v) is 3.70. The van der Waals surface area contributed by atoms with Gasteiger partial charge in [0.05, 0.1) is 25.5 Å². The largest absolute Gasteiger partial charge is 0.493 e. The van der Waals surface area contributed by atoms with Crippen molar-refractivity contribution in [1.29, 1.82) is 0 Å². The second-order valence-electron chi connectivity index (χ2n) is 5.26. The number of hydrogen-bond acceptors (Lipinski definition) is 5. The van der Waals surface area contributed by atoms with Crippen LogP contribution in [0.3, 0.4) is 0 Å². The van der Waals surface area contributed by atoms with Gasteiger partial charge >= 0.3 is 0 Å². The van der Waals surface area contributed by atoms with Crippen molar-refractivity contribution in [3.05, 3.63) is 47.9 Å². The molecule has 128 valence electrons. The van der Waals surface area contributed by atoms with Crippen LogP contribution in [0.25, 0.3) is 0 Å². The van der Waals surface area contributed by atoms with E-state index in [4.69, 9.17) is 9.47 Å². The molecule has 2 aromatic rings. The van der Waals surface area contributed by atoms with Crippen molar-refractivity contribution >= 4 is 10.0 Å². The molecule has 3 rings (SSSR count). The number of aromatic nitrogens is 1. The van der Waals surface area contributed by atoms with E-state index in [1.54, 1.807) is 0 Å². The van der Waals surface area contributed by atoms with E-state index in [0.29, 0.717) is 36.8 Å². The average Bonchev–Trinajstić information content (AvgIpc) is 2.56. The molecule has 0 fully saturated rings. The zero-order valence-electron chi connectivity index (χ0n) is 13.0. The fourth-order valence-electron chi connectivity index (χ4n) is 2.50. The Morgan fingerprint density at radius 2 is 2.21 bits per heavy atom. The van der Waals surface area contributed by atoms with Crippen molar-refractivity contribution in [2.24, 2.45) is 0 Å². The molecule has 1 aromatic carbocycles. The first-order valence-electron chi connectivity index (χ1n) is 7.53. The van der Waals surface area contributed by atoms with Gasteiger partial charge in [0.2, 0.25) is 15.9 Å². The molecule has 1 aliphatic rings. The highest BCUT2D eigenvalue weighted by Crippen LogP contribution is 2.33. The van der Waals surface area contributed by atoms with Crippen molar-refractivity contribution in [2.45, 2.75) is 24.3 Å². The molecule has 0 saturated carbocycles. The zero-order chi connectivity index (χ0) is 17.2. The maximum absolute atomic E-state index is 13.5. The van der Waals surface area contributed by atoms with Crippen LogP contribution in [0, 0.1) is 5.82 Å². The molecule has 6 nitrogen and oxygen atoms in total. The van der Waals surface area contributed by atoms with Gasteiger partial charge in [-0.25, -0.2) is 22.5 Å². The minimum absolute atomic E-state index is 0.0235. The first-order chi connectivity index (χ1) is 11.5.